The van der Waals surface area contributed by atoms with E-state index in [4.69, 9.17) is 20.9 Å². The van der Waals surface area contributed by atoms with Gasteiger partial charge in [0.15, 0.2) is 0 Å². The highest BCUT2D eigenvalue weighted by atomic mass is 35.5. The summed E-state index contributed by atoms with van der Waals surface area (Å²) in [5.74, 6) is 1.54. The second kappa shape index (κ2) is 9.01. The van der Waals surface area contributed by atoms with Gasteiger partial charge in [0.05, 0.1) is 18.1 Å². The molecule has 0 saturated heterocycles. The average molecular weight is 372 g/mol. The van der Waals surface area contributed by atoms with Crippen molar-refractivity contribution in [1.29, 1.82) is 0 Å². The Labute approximate surface area is 156 Å². The smallest absolute Gasteiger partial charge is 0.228 e. The van der Waals surface area contributed by atoms with Crippen molar-refractivity contribution in [2.45, 2.75) is 12.8 Å². The molecular weight excluding hydrogens is 354 g/mol. The van der Waals surface area contributed by atoms with Crippen LogP contribution in [0.1, 0.15) is 12.3 Å². The number of ether oxygens (including phenoxy) is 1. The van der Waals surface area contributed by atoms with Crippen molar-refractivity contribution in [3.8, 4) is 17.1 Å². The molecule has 2 aromatic carbocycles. The Morgan fingerprint density at radius 3 is 2.69 bits per heavy atom. The summed E-state index contributed by atoms with van der Waals surface area (Å²) in [6.45, 7) is 0.737. The number of aromatic nitrogens is 2. The highest BCUT2D eigenvalue weighted by Crippen LogP contribution is 2.24. The maximum Gasteiger partial charge on any atom is 0.228 e. The van der Waals surface area contributed by atoms with Crippen molar-refractivity contribution in [3.63, 3.8) is 0 Å². The number of rotatable bonds is 8. The van der Waals surface area contributed by atoms with Gasteiger partial charge in [-0.3, -0.25) is 4.79 Å². The lowest BCUT2D eigenvalue weighted by molar-refractivity contribution is -0.121. The Bertz CT molecular complexity index is 852. The maximum absolute atomic E-state index is 11.8. The van der Waals surface area contributed by atoms with Gasteiger partial charge in [-0.1, -0.05) is 47.1 Å². The van der Waals surface area contributed by atoms with E-state index in [1.54, 1.807) is 6.07 Å². The third-order valence-corrected chi connectivity index (χ3v) is 3.91. The van der Waals surface area contributed by atoms with Crippen LogP contribution in [0, 0.1) is 0 Å². The van der Waals surface area contributed by atoms with Gasteiger partial charge in [-0.15, -0.1) is 0 Å². The number of hydrogen-bond donors (Lipinski definition) is 1. The van der Waals surface area contributed by atoms with Crippen LogP contribution in [0.4, 0.5) is 0 Å². The number of amides is 1. The second-order valence-electron chi connectivity index (χ2n) is 5.50. The predicted octanol–water partition coefficient (Wildman–Crippen LogP) is 3.52. The van der Waals surface area contributed by atoms with Crippen molar-refractivity contribution in [1.82, 2.24) is 15.5 Å². The Balaban J connectivity index is 1.40. The minimum absolute atomic E-state index is 0.0910. The molecule has 6 nitrogen and oxygen atoms in total. The van der Waals surface area contributed by atoms with Gasteiger partial charge >= 0.3 is 0 Å². The molecule has 0 aliphatic carbocycles. The lowest BCUT2D eigenvalue weighted by Gasteiger charge is -2.06. The number of nitrogens with zero attached hydrogens (tertiary/aromatic N) is 2. The molecule has 7 heteroatoms. The summed E-state index contributed by atoms with van der Waals surface area (Å²) in [6, 6.07) is 16.7. The first-order chi connectivity index (χ1) is 12.7. The minimum atomic E-state index is -0.0910. The molecule has 0 radical (unpaired) electrons. The van der Waals surface area contributed by atoms with E-state index >= 15 is 0 Å². The van der Waals surface area contributed by atoms with Crippen molar-refractivity contribution in [2.24, 2.45) is 0 Å². The average Bonchev–Trinajstić information content (AvgIpc) is 3.12. The van der Waals surface area contributed by atoms with E-state index in [1.807, 2.05) is 48.5 Å². The van der Waals surface area contributed by atoms with Crippen molar-refractivity contribution in [3.05, 3.63) is 65.5 Å². The lowest BCUT2D eigenvalue weighted by Crippen LogP contribution is -2.27. The minimum Gasteiger partial charge on any atom is -0.493 e. The molecule has 1 heterocycles. The van der Waals surface area contributed by atoms with Crippen LogP contribution in [0.3, 0.4) is 0 Å². The second-order valence-corrected chi connectivity index (χ2v) is 5.91. The molecule has 0 atom stereocenters. The highest BCUT2D eigenvalue weighted by molar-refractivity contribution is 6.33. The first-order valence-electron chi connectivity index (χ1n) is 8.24. The molecule has 0 spiro atoms. The molecule has 0 saturated carbocycles. The van der Waals surface area contributed by atoms with Gasteiger partial charge in [0, 0.05) is 18.5 Å². The van der Waals surface area contributed by atoms with E-state index in [0.717, 1.165) is 5.75 Å². The zero-order valence-corrected chi connectivity index (χ0v) is 14.8. The van der Waals surface area contributed by atoms with Crippen molar-refractivity contribution in [2.75, 3.05) is 13.2 Å². The van der Waals surface area contributed by atoms with Crippen LogP contribution in [-0.2, 0) is 11.2 Å². The fourth-order valence-corrected chi connectivity index (χ4v) is 2.50. The van der Waals surface area contributed by atoms with E-state index < -0.39 is 0 Å². The Morgan fingerprint density at radius 1 is 1.12 bits per heavy atom. The Morgan fingerprint density at radius 2 is 1.88 bits per heavy atom. The van der Waals surface area contributed by atoms with Crippen molar-refractivity contribution >= 4 is 17.5 Å². The fourth-order valence-electron chi connectivity index (χ4n) is 2.28. The zero-order valence-electron chi connectivity index (χ0n) is 14.0. The first kappa shape index (κ1) is 17.9. The third-order valence-electron chi connectivity index (χ3n) is 3.58. The van der Waals surface area contributed by atoms with Crippen LogP contribution in [0.5, 0.6) is 5.75 Å². The summed E-state index contributed by atoms with van der Waals surface area (Å²) in [4.78, 5) is 16.1. The maximum atomic E-state index is 11.8. The predicted molar refractivity (Wildman–Crippen MR) is 98.0 cm³/mol. The third kappa shape index (κ3) is 5.07. The van der Waals surface area contributed by atoms with Crippen LogP contribution in [0.15, 0.2) is 59.1 Å². The molecule has 134 valence electrons. The number of carbonyl (C=O) groups excluding carboxylic acids is 1. The molecule has 3 aromatic rings. The van der Waals surface area contributed by atoms with Gasteiger partial charge in [0.25, 0.3) is 0 Å². The van der Waals surface area contributed by atoms with Gasteiger partial charge in [0.2, 0.25) is 17.6 Å². The van der Waals surface area contributed by atoms with Crippen LogP contribution in [0.2, 0.25) is 5.02 Å². The summed E-state index contributed by atoms with van der Waals surface area (Å²) in [7, 11) is 0. The van der Waals surface area contributed by atoms with Crippen molar-refractivity contribution < 1.29 is 14.1 Å². The number of halogens is 1. The highest BCUT2D eigenvalue weighted by Gasteiger charge is 2.11. The standard InChI is InChI=1S/C19H18ClN3O3/c20-16-9-5-4-8-15(16)19-22-18(26-23-19)10-12-21-17(24)11-13-25-14-6-2-1-3-7-14/h1-9H,10-13H2,(H,21,24). The van der Waals surface area contributed by atoms with E-state index in [0.29, 0.717) is 41.9 Å². The quantitative estimate of drug-likeness (QED) is 0.655. The molecule has 1 aromatic heterocycles. The number of benzene rings is 2. The molecule has 26 heavy (non-hydrogen) atoms. The van der Waals surface area contributed by atoms with Gasteiger partial charge in [0.1, 0.15) is 5.75 Å². The summed E-state index contributed by atoms with van der Waals surface area (Å²) in [5, 5.41) is 7.29. The summed E-state index contributed by atoms with van der Waals surface area (Å²) >= 11 is 6.12. The normalized spacial score (nSPS) is 10.5. The molecule has 0 unspecified atom stereocenters. The molecule has 0 fully saturated rings. The van der Waals surface area contributed by atoms with Gasteiger partial charge < -0.3 is 14.6 Å². The monoisotopic (exact) mass is 371 g/mol. The molecule has 1 amide bonds. The summed E-state index contributed by atoms with van der Waals surface area (Å²) < 4.78 is 10.7. The number of nitrogens with one attached hydrogen (secondary N) is 1. The van der Waals surface area contributed by atoms with Crippen LogP contribution in [-0.4, -0.2) is 29.2 Å². The molecule has 3 rings (SSSR count). The van der Waals surface area contributed by atoms with E-state index in [9.17, 15) is 4.79 Å². The molecular formula is C19H18ClN3O3. The summed E-state index contributed by atoms with van der Waals surface area (Å²) in [5.41, 5.74) is 0.714. The largest absolute Gasteiger partial charge is 0.493 e. The Hall–Kier alpha value is -2.86. The van der Waals surface area contributed by atoms with Gasteiger partial charge in [-0.05, 0) is 24.3 Å². The number of hydrogen-bond acceptors (Lipinski definition) is 5. The lowest BCUT2D eigenvalue weighted by atomic mass is 10.2. The molecule has 1 N–H and O–H groups in total. The summed E-state index contributed by atoms with van der Waals surface area (Å²) in [6.07, 6.45) is 0.729. The topological polar surface area (TPSA) is 77.2 Å². The van der Waals surface area contributed by atoms with E-state index in [-0.39, 0.29) is 12.3 Å². The zero-order chi connectivity index (χ0) is 18.2. The van der Waals surface area contributed by atoms with Crippen LogP contribution in [0.25, 0.3) is 11.4 Å². The van der Waals surface area contributed by atoms with Gasteiger partial charge in [-0.25, -0.2) is 0 Å². The molecule has 0 aliphatic heterocycles. The molecule has 0 bridgehead atoms. The van der Waals surface area contributed by atoms with Gasteiger partial charge in [-0.2, -0.15) is 4.98 Å². The van der Waals surface area contributed by atoms with Crippen LogP contribution < -0.4 is 10.1 Å². The van der Waals surface area contributed by atoms with E-state index in [1.165, 1.54) is 0 Å². The number of carbonyl (C=O) groups is 1. The number of para-hydroxylation sites is 1. The Kier molecular flexibility index (Phi) is 6.22. The molecule has 0 aliphatic rings. The van der Waals surface area contributed by atoms with E-state index in [2.05, 4.69) is 15.5 Å². The fraction of sp³-hybridized carbons (Fsp3) is 0.211. The van der Waals surface area contributed by atoms with Crippen LogP contribution >= 0.6 is 11.6 Å². The first-order valence-corrected chi connectivity index (χ1v) is 8.62. The SMILES string of the molecule is O=C(CCOc1ccccc1)NCCc1nc(-c2ccccc2Cl)no1.